The third kappa shape index (κ3) is 5.08. The molecule has 3 N–H and O–H groups in total. The van der Waals surface area contributed by atoms with E-state index < -0.39 is 29.4 Å². The molecule has 51 heavy (non-hydrogen) atoms. The topological polar surface area (TPSA) is 156 Å². The second-order valence-electron chi connectivity index (χ2n) is 13.8. The normalized spacial score (nSPS) is 20.5. The molecule has 0 aromatic carbocycles. The highest BCUT2D eigenvalue weighted by molar-refractivity contribution is 6.02. The number of ether oxygens (including phenoxy) is 3. The molecule has 11 heteroatoms. The summed E-state index contributed by atoms with van der Waals surface area (Å²) in [5.41, 5.74) is 12.3. The van der Waals surface area contributed by atoms with E-state index in [2.05, 4.69) is 23.8 Å². The van der Waals surface area contributed by atoms with Crippen LogP contribution in [0.15, 0.2) is 35.9 Å². The number of carbonyl (C=O) groups is 3. The summed E-state index contributed by atoms with van der Waals surface area (Å²) in [4.78, 5) is 56.8. The van der Waals surface area contributed by atoms with Crippen LogP contribution in [0.5, 0.6) is 0 Å². The number of hydrogen-bond donors (Lipinski definition) is 3. The Bertz CT molecular complexity index is 2320. The monoisotopic (exact) mass is 690 g/mol. The van der Waals surface area contributed by atoms with E-state index in [9.17, 15) is 19.5 Å². The third-order valence-corrected chi connectivity index (χ3v) is 11.3. The molecule has 3 aromatic rings. The molecule has 3 atom stereocenters. The number of aliphatic hydroxyl groups excluding tert-OH is 1. The Morgan fingerprint density at radius 1 is 0.902 bits per heavy atom. The van der Waals surface area contributed by atoms with Crippen molar-refractivity contribution in [3.63, 3.8) is 0 Å². The number of H-pyrrole nitrogens is 2. The molecule has 3 aromatic heterocycles. The average Bonchev–Trinajstić information content (AvgIpc) is 3.87. The van der Waals surface area contributed by atoms with Crippen LogP contribution in [0.25, 0.3) is 38.8 Å². The number of allylic oxidation sites excluding steroid dienone is 4. The number of fused-ring (bicyclic) bond motifs is 11. The van der Waals surface area contributed by atoms with Crippen molar-refractivity contribution in [1.82, 2.24) is 19.9 Å². The van der Waals surface area contributed by atoms with Gasteiger partial charge < -0.3 is 29.3 Å². The second-order valence-corrected chi connectivity index (χ2v) is 13.8. The molecule has 0 saturated heterocycles. The number of nitrogens with one attached hydrogen (secondary N) is 2. The largest absolute Gasteiger partial charge is 0.469 e. The van der Waals surface area contributed by atoms with Gasteiger partial charge in [-0.2, -0.15) is 0 Å². The predicted molar refractivity (Wildman–Crippen MR) is 193 cm³/mol. The molecule has 0 amide bonds. The standard InChI is InChI=1S/C40H42N4O7/c1-9-21-18(2)26-16-30-25-12-10-23(38(47)50-7)35(39(48)51-8)40(25,5)32(42-30)17-28-19(3)22(11-13-33(46)49-6)36(43-28)24-14-31(45)34-20(4)27(44-37(24)34)15-29(21)41-26/h10,12,15-17,31,35,41,43,45H,9,11,13-14H2,1-8H3. The lowest BCUT2D eigenvalue weighted by Crippen LogP contribution is -2.42. The second kappa shape index (κ2) is 12.5. The van der Waals surface area contributed by atoms with E-state index in [4.69, 9.17) is 24.2 Å². The van der Waals surface area contributed by atoms with Gasteiger partial charge in [-0.15, -0.1) is 0 Å². The minimum absolute atomic E-state index is 0.154. The zero-order chi connectivity index (χ0) is 36.5. The molecule has 4 aliphatic rings. The Morgan fingerprint density at radius 2 is 1.61 bits per heavy atom. The number of carbonyl (C=O) groups excluding carboxylic acids is 3. The van der Waals surface area contributed by atoms with Crippen LogP contribution in [0, 0.1) is 19.8 Å². The highest BCUT2D eigenvalue weighted by atomic mass is 16.5. The summed E-state index contributed by atoms with van der Waals surface area (Å²) >= 11 is 0. The molecule has 0 radical (unpaired) electrons. The number of aliphatic hydroxyl groups is 1. The first kappa shape index (κ1) is 34.2. The molecule has 2 aliphatic carbocycles. The van der Waals surface area contributed by atoms with E-state index in [-0.39, 0.29) is 18.0 Å². The van der Waals surface area contributed by atoms with Gasteiger partial charge in [-0.25, -0.2) is 9.78 Å². The molecule has 0 spiro atoms. The summed E-state index contributed by atoms with van der Waals surface area (Å²) in [7, 11) is 3.96. The molecule has 5 heterocycles. The van der Waals surface area contributed by atoms with Crippen LogP contribution in [0.4, 0.5) is 0 Å². The van der Waals surface area contributed by atoms with Crippen LogP contribution in [0.1, 0.15) is 77.8 Å². The van der Waals surface area contributed by atoms with E-state index in [1.165, 1.54) is 21.3 Å². The molecule has 2 aliphatic heterocycles. The summed E-state index contributed by atoms with van der Waals surface area (Å²) in [5, 5.41) is 11.4. The third-order valence-electron chi connectivity index (χ3n) is 11.3. The van der Waals surface area contributed by atoms with Gasteiger partial charge in [0.05, 0.1) is 61.2 Å². The van der Waals surface area contributed by atoms with Crippen molar-refractivity contribution >= 4 is 56.7 Å². The van der Waals surface area contributed by atoms with Crippen LogP contribution in [-0.4, -0.2) is 70.4 Å². The van der Waals surface area contributed by atoms with Crippen molar-refractivity contribution < 1.29 is 33.7 Å². The quantitative estimate of drug-likeness (QED) is 0.218. The van der Waals surface area contributed by atoms with Gasteiger partial charge in [0.15, 0.2) is 0 Å². The minimum Gasteiger partial charge on any atom is -0.469 e. The summed E-state index contributed by atoms with van der Waals surface area (Å²) in [6.45, 7) is 10.1. The first-order valence-corrected chi connectivity index (χ1v) is 17.2. The lowest BCUT2D eigenvalue weighted by atomic mass is 9.64. The number of methoxy groups -OCH3 is 3. The van der Waals surface area contributed by atoms with Crippen molar-refractivity contribution in [1.29, 1.82) is 0 Å². The Morgan fingerprint density at radius 3 is 2.29 bits per heavy atom. The van der Waals surface area contributed by atoms with E-state index in [0.717, 1.165) is 78.9 Å². The number of hydrogen-bond acceptors (Lipinski definition) is 9. The molecular weight excluding hydrogens is 648 g/mol. The summed E-state index contributed by atoms with van der Waals surface area (Å²) in [5.74, 6) is -2.61. The molecule has 11 nitrogen and oxygen atoms in total. The molecule has 3 unspecified atom stereocenters. The van der Waals surface area contributed by atoms with Crippen LogP contribution >= 0.6 is 0 Å². The Kier molecular flexibility index (Phi) is 8.37. The first-order chi connectivity index (χ1) is 24.4. The highest BCUT2D eigenvalue weighted by Crippen LogP contribution is 2.52. The maximum Gasteiger partial charge on any atom is 0.334 e. The van der Waals surface area contributed by atoms with Crippen LogP contribution in [0.2, 0.25) is 0 Å². The van der Waals surface area contributed by atoms with Crippen LogP contribution in [-0.2, 0) is 53.3 Å². The maximum absolute atomic E-state index is 13.7. The van der Waals surface area contributed by atoms with Crippen molar-refractivity contribution in [2.75, 3.05) is 21.3 Å². The molecule has 8 bridgehead atoms. The number of esters is 3. The summed E-state index contributed by atoms with van der Waals surface area (Å²) in [6, 6.07) is 5.95. The van der Waals surface area contributed by atoms with E-state index >= 15 is 0 Å². The molecule has 0 fully saturated rings. The van der Waals surface area contributed by atoms with Crippen LogP contribution < -0.4 is 0 Å². The zero-order valence-corrected chi connectivity index (χ0v) is 30.2. The maximum atomic E-state index is 13.7. The Hall–Kier alpha value is -5.29. The molecular formula is C40H42N4O7. The predicted octanol–water partition coefficient (Wildman–Crippen LogP) is 5.69. The van der Waals surface area contributed by atoms with Crippen molar-refractivity contribution in [3.8, 4) is 0 Å². The van der Waals surface area contributed by atoms with E-state index in [0.29, 0.717) is 29.7 Å². The highest BCUT2D eigenvalue weighted by Gasteiger charge is 2.53. The Balaban J connectivity index is 1.65. The van der Waals surface area contributed by atoms with Crippen LogP contribution in [0.3, 0.4) is 0 Å². The molecule has 7 rings (SSSR count). The number of aromatic amines is 2. The number of rotatable bonds is 6. The molecule has 264 valence electrons. The van der Waals surface area contributed by atoms with E-state index in [1.807, 2.05) is 45.0 Å². The fraction of sp³-hybridized carbons (Fsp3) is 0.375. The number of aryl methyl sites for hydroxylation is 4. The SMILES string of the molecule is CCc1c(C)c2cc3nc(cc4[nH]c(c5c6nc(cc1[nH]2)C(C)=C6C(O)C5)c(CCC(=O)OC)c4C)C1(C)C3=CC=C(C(=O)OC)C1C(=O)OC. The van der Waals surface area contributed by atoms with Gasteiger partial charge >= 0.3 is 17.9 Å². The van der Waals surface area contributed by atoms with Gasteiger partial charge in [-0.1, -0.05) is 19.1 Å². The fourth-order valence-corrected chi connectivity index (χ4v) is 8.41. The summed E-state index contributed by atoms with van der Waals surface area (Å²) < 4.78 is 15.5. The smallest absolute Gasteiger partial charge is 0.334 e. The Labute approximate surface area is 295 Å². The zero-order valence-electron chi connectivity index (χ0n) is 30.2. The number of aromatic nitrogens is 4. The average molecular weight is 691 g/mol. The summed E-state index contributed by atoms with van der Waals surface area (Å²) in [6.07, 6.45) is 4.38. The number of nitrogens with zero attached hydrogens (tertiary/aromatic N) is 2. The van der Waals surface area contributed by atoms with Gasteiger partial charge in [0.25, 0.3) is 0 Å². The molecule has 0 saturated carbocycles. The van der Waals surface area contributed by atoms with Gasteiger partial charge in [-0.05, 0) is 92.1 Å². The minimum atomic E-state index is -1.12. The van der Waals surface area contributed by atoms with Gasteiger partial charge in [0, 0.05) is 46.0 Å². The van der Waals surface area contributed by atoms with Crippen molar-refractivity contribution in [3.05, 3.63) is 86.5 Å². The van der Waals surface area contributed by atoms with Gasteiger partial charge in [0.1, 0.15) is 5.92 Å². The lowest BCUT2D eigenvalue weighted by Gasteiger charge is -2.36. The first-order valence-electron chi connectivity index (χ1n) is 17.2. The van der Waals surface area contributed by atoms with Gasteiger partial charge in [0.2, 0.25) is 0 Å². The fourth-order valence-electron chi connectivity index (χ4n) is 8.41. The van der Waals surface area contributed by atoms with E-state index in [1.54, 1.807) is 6.08 Å². The van der Waals surface area contributed by atoms with Gasteiger partial charge in [-0.3, -0.25) is 14.6 Å². The van der Waals surface area contributed by atoms with Crippen molar-refractivity contribution in [2.24, 2.45) is 5.92 Å². The lowest BCUT2D eigenvalue weighted by molar-refractivity contribution is -0.149. The van der Waals surface area contributed by atoms with Crippen molar-refractivity contribution in [2.45, 2.75) is 71.8 Å².